The van der Waals surface area contributed by atoms with Gasteiger partial charge in [0.25, 0.3) is 0 Å². The third kappa shape index (κ3) is 5.00. The molecule has 0 bridgehead atoms. The van der Waals surface area contributed by atoms with E-state index in [0.29, 0.717) is 23.7 Å². The minimum Gasteiger partial charge on any atom is -0.489 e. The van der Waals surface area contributed by atoms with E-state index in [-0.39, 0.29) is 12.6 Å². The Balaban J connectivity index is 1.38. The molecule has 1 aromatic heterocycles. The zero-order chi connectivity index (χ0) is 21.5. The fourth-order valence-corrected chi connectivity index (χ4v) is 3.21. The maximum atomic E-state index is 12.3. The van der Waals surface area contributed by atoms with Gasteiger partial charge in [0.2, 0.25) is 0 Å². The number of nitrogens with zero attached hydrogens (tertiary/aromatic N) is 2. The van der Waals surface area contributed by atoms with Crippen LogP contribution >= 0.6 is 0 Å². The average Bonchev–Trinajstić information content (AvgIpc) is 3.20. The zero-order valence-electron chi connectivity index (χ0n) is 16.8. The van der Waals surface area contributed by atoms with Crippen LogP contribution in [0.1, 0.15) is 16.7 Å². The summed E-state index contributed by atoms with van der Waals surface area (Å²) in [5.74, 6) is 1.05. The maximum absolute atomic E-state index is 12.3. The summed E-state index contributed by atoms with van der Waals surface area (Å²) in [6.07, 6.45) is 0.748. The second-order valence-corrected chi connectivity index (χ2v) is 6.95. The van der Waals surface area contributed by atoms with Crippen molar-refractivity contribution in [2.24, 2.45) is 0 Å². The standard InChI is InChI=1S/C24H21N5O2/c25-15-18-8-4-5-9-19(18)16-31-20-10-11-22-21(14-20)23(29-28-22)27-24(30)26-13-12-17-6-2-1-3-7-17/h1-11,14H,12-13,16H2,(H3,26,27,28,29,30). The first-order valence-corrected chi connectivity index (χ1v) is 9.90. The molecule has 0 spiro atoms. The van der Waals surface area contributed by atoms with Gasteiger partial charge in [-0.25, -0.2) is 4.79 Å². The van der Waals surface area contributed by atoms with E-state index in [4.69, 9.17) is 4.74 Å². The summed E-state index contributed by atoms with van der Waals surface area (Å²) in [7, 11) is 0. The summed E-state index contributed by atoms with van der Waals surface area (Å²) in [4.78, 5) is 12.3. The molecule has 0 saturated heterocycles. The number of hydrogen-bond acceptors (Lipinski definition) is 4. The van der Waals surface area contributed by atoms with E-state index in [9.17, 15) is 10.1 Å². The van der Waals surface area contributed by atoms with E-state index < -0.39 is 0 Å². The molecule has 0 saturated carbocycles. The zero-order valence-corrected chi connectivity index (χ0v) is 16.8. The molecule has 154 valence electrons. The number of carbonyl (C=O) groups is 1. The Labute approximate surface area is 179 Å². The van der Waals surface area contributed by atoms with Crippen LogP contribution in [0.5, 0.6) is 5.75 Å². The molecule has 2 amide bonds. The number of carbonyl (C=O) groups excluding carboxylic acids is 1. The van der Waals surface area contributed by atoms with Gasteiger partial charge in [-0.15, -0.1) is 0 Å². The monoisotopic (exact) mass is 411 g/mol. The van der Waals surface area contributed by atoms with Crippen molar-refractivity contribution in [3.05, 3.63) is 89.5 Å². The molecular formula is C24H21N5O2. The van der Waals surface area contributed by atoms with E-state index >= 15 is 0 Å². The fourth-order valence-electron chi connectivity index (χ4n) is 3.21. The highest BCUT2D eigenvalue weighted by Crippen LogP contribution is 2.26. The molecule has 0 aliphatic carbocycles. The smallest absolute Gasteiger partial charge is 0.320 e. The molecule has 7 nitrogen and oxygen atoms in total. The summed E-state index contributed by atoms with van der Waals surface area (Å²) in [6, 6.07) is 24.6. The van der Waals surface area contributed by atoms with Crippen molar-refractivity contribution < 1.29 is 9.53 Å². The van der Waals surface area contributed by atoms with Crippen LogP contribution in [0.15, 0.2) is 72.8 Å². The molecule has 0 unspecified atom stereocenters. The van der Waals surface area contributed by atoms with Crippen LogP contribution < -0.4 is 15.4 Å². The number of benzene rings is 3. The van der Waals surface area contributed by atoms with Crippen LogP contribution in [0.2, 0.25) is 0 Å². The van der Waals surface area contributed by atoms with E-state index in [2.05, 4.69) is 26.9 Å². The van der Waals surface area contributed by atoms with Crippen LogP contribution in [-0.4, -0.2) is 22.8 Å². The Morgan fingerprint density at radius 2 is 1.87 bits per heavy atom. The van der Waals surface area contributed by atoms with Gasteiger partial charge in [0, 0.05) is 17.5 Å². The molecule has 3 N–H and O–H groups in total. The van der Waals surface area contributed by atoms with E-state index in [1.807, 2.05) is 66.7 Å². The second kappa shape index (κ2) is 9.46. The van der Waals surface area contributed by atoms with E-state index in [0.717, 1.165) is 28.5 Å². The van der Waals surface area contributed by atoms with Gasteiger partial charge in [0.15, 0.2) is 5.82 Å². The lowest BCUT2D eigenvalue weighted by molar-refractivity contribution is 0.252. The van der Waals surface area contributed by atoms with E-state index in [1.165, 1.54) is 0 Å². The first kappa shape index (κ1) is 20.0. The summed E-state index contributed by atoms with van der Waals surface area (Å²) in [5.41, 5.74) is 3.34. The molecule has 0 aliphatic rings. The molecule has 0 atom stereocenters. The third-order valence-electron chi connectivity index (χ3n) is 4.84. The quantitative estimate of drug-likeness (QED) is 0.420. The molecule has 1 heterocycles. The lowest BCUT2D eigenvalue weighted by Crippen LogP contribution is -2.30. The Kier molecular flexibility index (Phi) is 6.10. The van der Waals surface area contributed by atoms with Crippen molar-refractivity contribution in [2.75, 3.05) is 11.9 Å². The Hall–Kier alpha value is -4.31. The molecule has 0 aliphatic heterocycles. The number of urea groups is 1. The Bertz CT molecular complexity index is 1230. The lowest BCUT2D eigenvalue weighted by atomic mass is 10.1. The summed E-state index contributed by atoms with van der Waals surface area (Å²) >= 11 is 0. The van der Waals surface area contributed by atoms with Gasteiger partial charge in [0.1, 0.15) is 12.4 Å². The number of ether oxygens (including phenoxy) is 1. The minimum atomic E-state index is -0.321. The predicted octanol–water partition coefficient (Wildman–Crippen LogP) is 4.38. The molecule has 0 fully saturated rings. The number of fused-ring (bicyclic) bond motifs is 1. The van der Waals surface area contributed by atoms with Crippen molar-refractivity contribution in [1.29, 1.82) is 5.26 Å². The second-order valence-electron chi connectivity index (χ2n) is 6.95. The summed E-state index contributed by atoms with van der Waals surface area (Å²) in [6.45, 7) is 0.792. The van der Waals surface area contributed by atoms with E-state index in [1.54, 1.807) is 6.07 Å². The van der Waals surface area contributed by atoms with Crippen LogP contribution in [0, 0.1) is 11.3 Å². The highest BCUT2D eigenvalue weighted by atomic mass is 16.5. The average molecular weight is 411 g/mol. The van der Waals surface area contributed by atoms with Crippen molar-refractivity contribution >= 4 is 22.8 Å². The summed E-state index contributed by atoms with van der Waals surface area (Å²) < 4.78 is 5.86. The molecule has 4 aromatic rings. The normalized spacial score (nSPS) is 10.4. The fraction of sp³-hybridized carbons (Fsp3) is 0.125. The van der Waals surface area contributed by atoms with Gasteiger partial charge >= 0.3 is 6.03 Å². The SMILES string of the molecule is N#Cc1ccccc1COc1ccc2[nH]nc(NC(=O)NCCc3ccccc3)c2c1. The molecule has 31 heavy (non-hydrogen) atoms. The summed E-state index contributed by atoms with van der Waals surface area (Å²) in [5, 5.41) is 22.7. The first-order chi connectivity index (χ1) is 15.2. The van der Waals surface area contributed by atoms with Gasteiger partial charge < -0.3 is 10.1 Å². The Morgan fingerprint density at radius 3 is 2.71 bits per heavy atom. The van der Waals surface area contributed by atoms with Crippen molar-refractivity contribution in [3.8, 4) is 11.8 Å². The highest BCUT2D eigenvalue weighted by molar-refractivity contribution is 5.99. The van der Waals surface area contributed by atoms with Crippen molar-refractivity contribution in [3.63, 3.8) is 0 Å². The lowest BCUT2D eigenvalue weighted by Gasteiger charge is -2.08. The topological polar surface area (TPSA) is 103 Å². The maximum Gasteiger partial charge on any atom is 0.320 e. The number of anilines is 1. The number of nitrogens with one attached hydrogen (secondary N) is 3. The molecule has 7 heteroatoms. The molecule has 3 aromatic carbocycles. The van der Waals surface area contributed by atoms with Gasteiger partial charge in [-0.3, -0.25) is 10.4 Å². The van der Waals surface area contributed by atoms with Crippen LogP contribution in [0.3, 0.4) is 0 Å². The highest BCUT2D eigenvalue weighted by Gasteiger charge is 2.11. The number of H-pyrrole nitrogens is 1. The van der Waals surface area contributed by atoms with Crippen molar-refractivity contribution in [2.45, 2.75) is 13.0 Å². The predicted molar refractivity (Wildman–Crippen MR) is 119 cm³/mol. The minimum absolute atomic E-state index is 0.274. The van der Waals surface area contributed by atoms with Gasteiger partial charge in [0.05, 0.1) is 17.1 Å². The molecule has 4 rings (SSSR count). The van der Waals surface area contributed by atoms with Gasteiger partial charge in [-0.05, 0) is 36.2 Å². The third-order valence-corrected chi connectivity index (χ3v) is 4.84. The number of aromatic nitrogens is 2. The van der Waals surface area contributed by atoms with Crippen LogP contribution in [0.25, 0.3) is 10.9 Å². The number of aromatic amines is 1. The number of rotatable bonds is 7. The van der Waals surface area contributed by atoms with Crippen molar-refractivity contribution in [1.82, 2.24) is 15.5 Å². The Morgan fingerprint density at radius 1 is 1.06 bits per heavy atom. The number of nitriles is 1. The van der Waals surface area contributed by atoms with Gasteiger partial charge in [-0.2, -0.15) is 10.4 Å². The number of amides is 2. The molecular weight excluding hydrogens is 390 g/mol. The van der Waals surface area contributed by atoms with Gasteiger partial charge in [-0.1, -0.05) is 48.5 Å². The number of hydrogen-bond donors (Lipinski definition) is 3. The largest absolute Gasteiger partial charge is 0.489 e. The van der Waals surface area contributed by atoms with Crippen LogP contribution in [-0.2, 0) is 13.0 Å². The molecule has 0 radical (unpaired) electrons. The first-order valence-electron chi connectivity index (χ1n) is 9.90. The van der Waals surface area contributed by atoms with Crippen LogP contribution in [0.4, 0.5) is 10.6 Å².